The van der Waals surface area contributed by atoms with Gasteiger partial charge < -0.3 is 15.0 Å². The second-order valence-electron chi connectivity index (χ2n) is 6.92. The van der Waals surface area contributed by atoms with Crippen LogP contribution in [0.25, 0.3) is 0 Å². The van der Waals surface area contributed by atoms with Crippen LogP contribution in [0.5, 0.6) is 5.75 Å². The van der Waals surface area contributed by atoms with E-state index < -0.39 is 0 Å². The SMILES string of the molecule is COc1cc(N2CCC3(CCNCC3)CC2)ccc1NN=C(C#N)C#N. The number of rotatable bonds is 4. The van der Waals surface area contributed by atoms with Crippen LogP contribution in [0.3, 0.4) is 0 Å². The van der Waals surface area contributed by atoms with E-state index in [2.05, 4.69) is 20.7 Å². The molecule has 0 atom stereocenters. The molecule has 0 radical (unpaired) electrons. The van der Waals surface area contributed by atoms with Crippen molar-refractivity contribution in [3.8, 4) is 17.9 Å². The third kappa shape index (κ3) is 3.89. The zero-order chi connectivity index (χ0) is 18.4. The Hall–Kier alpha value is -2.77. The molecule has 3 rings (SSSR count). The maximum Gasteiger partial charge on any atom is 0.237 e. The largest absolute Gasteiger partial charge is 0.494 e. The van der Waals surface area contributed by atoms with Gasteiger partial charge in [-0.25, -0.2) is 0 Å². The van der Waals surface area contributed by atoms with Crippen molar-refractivity contribution in [2.75, 3.05) is 43.6 Å². The zero-order valence-electron chi connectivity index (χ0n) is 15.1. The van der Waals surface area contributed by atoms with Crippen molar-refractivity contribution in [1.82, 2.24) is 5.32 Å². The maximum atomic E-state index is 8.76. The second-order valence-corrected chi connectivity index (χ2v) is 6.92. The van der Waals surface area contributed by atoms with Crippen molar-refractivity contribution in [2.24, 2.45) is 10.5 Å². The quantitative estimate of drug-likeness (QED) is 0.638. The Morgan fingerprint density at radius 3 is 2.50 bits per heavy atom. The molecule has 0 unspecified atom stereocenters. The van der Waals surface area contributed by atoms with Gasteiger partial charge in [-0.15, -0.1) is 0 Å². The lowest BCUT2D eigenvalue weighted by Crippen LogP contribution is -2.45. The molecule has 26 heavy (non-hydrogen) atoms. The highest BCUT2D eigenvalue weighted by Gasteiger charge is 2.35. The molecule has 1 aromatic rings. The lowest BCUT2D eigenvalue weighted by atomic mass is 9.71. The highest BCUT2D eigenvalue weighted by molar-refractivity contribution is 6.10. The fraction of sp³-hybridized carbons (Fsp3) is 0.526. The summed E-state index contributed by atoms with van der Waals surface area (Å²) in [6.45, 7) is 4.40. The van der Waals surface area contributed by atoms with Crippen LogP contribution in [0.15, 0.2) is 23.3 Å². The molecule has 2 saturated heterocycles. The third-order valence-corrected chi connectivity index (χ3v) is 5.54. The highest BCUT2D eigenvalue weighted by atomic mass is 16.5. The molecule has 2 fully saturated rings. The Balaban J connectivity index is 1.69. The Morgan fingerprint density at radius 1 is 1.19 bits per heavy atom. The normalized spacial score (nSPS) is 18.5. The fourth-order valence-corrected chi connectivity index (χ4v) is 3.86. The number of anilines is 2. The van der Waals surface area contributed by atoms with Crippen molar-refractivity contribution in [3.63, 3.8) is 0 Å². The first-order valence-electron chi connectivity index (χ1n) is 8.97. The molecule has 136 valence electrons. The van der Waals surface area contributed by atoms with Gasteiger partial charge in [0.2, 0.25) is 5.71 Å². The Bertz CT molecular complexity index is 728. The predicted molar refractivity (Wildman–Crippen MR) is 101 cm³/mol. The van der Waals surface area contributed by atoms with E-state index in [0.717, 1.165) is 31.9 Å². The summed E-state index contributed by atoms with van der Waals surface area (Å²) in [7, 11) is 1.60. The fourth-order valence-electron chi connectivity index (χ4n) is 3.86. The molecule has 1 spiro atoms. The molecule has 0 saturated carbocycles. The van der Waals surface area contributed by atoms with Crippen LogP contribution >= 0.6 is 0 Å². The Kier molecular flexibility index (Phi) is 5.60. The van der Waals surface area contributed by atoms with Gasteiger partial charge in [0.1, 0.15) is 17.9 Å². The number of hydrogen-bond donors (Lipinski definition) is 2. The number of nitriles is 2. The summed E-state index contributed by atoms with van der Waals surface area (Å²) in [5.74, 6) is 0.642. The van der Waals surface area contributed by atoms with Crippen LogP contribution < -0.4 is 20.4 Å². The minimum atomic E-state index is -0.223. The minimum Gasteiger partial charge on any atom is -0.494 e. The lowest BCUT2D eigenvalue weighted by Gasteiger charge is -2.45. The molecular weight excluding hydrogens is 328 g/mol. The lowest BCUT2D eigenvalue weighted by molar-refractivity contribution is 0.155. The van der Waals surface area contributed by atoms with Crippen LogP contribution in [-0.4, -0.2) is 39.0 Å². The summed E-state index contributed by atoms with van der Waals surface area (Å²) in [6.07, 6.45) is 5.03. The van der Waals surface area contributed by atoms with Gasteiger partial charge in [0.15, 0.2) is 0 Å². The Morgan fingerprint density at radius 2 is 1.88 bits per heavy atom. The number of nitrogens with one attached hydrogen (secondary N) is 2. The first-order chi connectivity index (χ1) is 12.7. The van der Waals surface area contributed by atoms with E-state index in [1.165, 1.54) is 25.7 Å². The van der Waals surface area contributed by atoms with Crippen molar-refractivity contribution >= 4 is 17.1 Å². The maximum absolute atomic E-state index is 8.76. The van der Waals surface area contributed by atoms with Crippen molar-refractivity contribution in [1.29, 1.82) is 10.5 Å². The van der Waals surface area contributed by atoms with Gasteiger partial charge >= 0.3 is 0 Å². The van der Waals surface area contributed by atoms with Gasteiger partial charge in [0, 0.05) is 24.8 Å². The van der Waals surface area contributed by atoms with Gasteiger partial charge in [0.05, 0.1) is 12.8 Å². The Labute approximate surface area is 154 Å². The average molecular weight is 352 g/mol. The molecule has 0 aliphatic carbocycles. The summed E-state index contributed by atoms with van der Waals surface area (Å²) < 4.78 is 5.45. The molecule has 0 amide bonds. The number of benzene rings is 1. The van der Waals surface area contributed by atoms with E-state index >= 15 is 0 Å². The molecule has 7 heteroatoms. The molecule has 0 aromatic heterocycles. The van der Waals surface area contributed by atoms with Crippen LogP contribution in [0.2, 0.25) is 0 Å². The van der Waals surface area contributed by atoms with Gasteiger partial charge in [-0.3, -0.25) is 5.43 Å². The molecule has 2 heterocycles. The number of hydrogen-bond acceptors (Lipinski definition) is 7. The van der Waals surface area contributed by atoms with E-state index in [1.807, 2.05) is 18.2 Å². The minimum absolute atomic E-state index is 0.223. The standard InChI is InChI=1S/C19H24N6O/c1-26-18-12-16(2-3-17(18)24-23-15(13-20)14-21)25-10-6-19(7-11-25)4-8-22-9-5-19/h2-3,12,22,24H,4-11H2,1H3. The zero-order valence-corrected chi connectivity index (χ0v) is 15.1. The van der Waals surface area contributed by atoms with E-state index in [9.17, 15) is 0 Å². The number of piperidine rings is 2. The molecular formula is C19H24N6O. The van der Waals surface area contributed by atoms with Crippen LogP contribution in [0.4, 0.5) is 11.4 Å². The first kappa shape index (κ1) is 18.0. The highest BCUT2D eigenvalue weighted by Crippen LogP contribution is 2.41. The summed E-state index contributed by atoms with van der Waals surface area (Å²) in [4.78, 5) is 2.40. The van der Waals surface area contributed by atoms with E-state index in [-0.39, 0.29) is 5.71 Å². The van der Waals surface area contributed by atoms with Gasteiger partial charge in [-0.1, -0.05) is 0 Å². The topological polar surface area (TPSA) is 96.5 Å². The van der Waals surface area contributed by atoms with Crippen LogP contribution in [-0.2, 0) is 0 Å². The van der Waals surface area contributed by atoms with Crippen molar-refractivity contribution in [2.45, 2.75) is 25.7 Å². The van der Waals surface area contributed by atoms with E-state index in [0.29, 0.717) is 16.9 Å². The summed E-state index contributed by atoms with van der Waals surface area (Å²) in [5, 5.41) is 24.8. The molecule has 7 nitrogen and oxygen atoms in total. The van der Waals surface area contributed by atoms with Gasteiger partial charge in [-0.05, 0) is 56.3 Å². The summed E-state index contributed by atoms with van der Waals surface area (Å²) >= 11 is 0. The van der Waals surface area contributed by atoms with Gasteiger partial charge in [0.25, 0.3) is 0 Å². The van der Waals surface area contributed by atoms with Crippen molar-refractivity contribution < 1.29 is 4.74 Å². The van der Waals surface area contributed by atoms with E-state index in [1.54, 1.807) is 19.2 Å². The second kappa shape index (κ2) is 8.07. The molecule has 1 aromatic carbocycles. The van der Waals surface area contributed by atoms with Crippen molar-refractivity contribution in [3.05, 3.63) is 18.2 Å². The van der Waals surface area contributed by atoms with E-state index in [4.69, 9.17) is 15.3 Å². The summed E-state index contributed by atoms with van der Waals surface area (Å²) in [5.41, 5.74) is 4.79. The smallest absolute Gasteiger partial charge is 0.237 e. The monoisotopic (exact) mass is 352 g/mol. The molecule has 0 bridgehead atoms. The molecule has 2 N–H and O–H groups in total. The number of ether oxygens (including phenoxy) is 1. The van der Waals surface area contributed by atoms with Crippen LogP contribution in [0, 0.1) is 28.1 Å². The number of hydrazone groups is 1. The molecule has 2 aliphatic heterocycles. The first-order valence-corrected chi connectivity index (χ1v) is 8.97. The average Bonchev–Trinajstić information content (AvgIpc) is 2.70. The van der Waals surface area contributed by atoms with Crippen LogP contribution in [0.1, 0.15) is 25.7 Å². The number of nitrogens with zero attached hydrogens (tertiary/aromatic N) is 4. The predicted octanol–water partition coefficient (Wildman–Crippen LogP) is 2.48. The summed E-state index contributed by atoms with van der Waals surface area (Å²) in [6, 6.07) is 9.33. The number of methoxy groups -OCH3 is 1. The third-order valence-electron chi connectivity index (χ3n) is 5.54. The van der Waals surface area contributed by atoms with Gasteiger partial charge in [-0.2, -0.15) is 15.6 Å². The molecule has 2 aliphatic rings.